The van der Waals surface area contributed by atoms with Gasteiger partial charge >= 0.3 is 5.97 Å². The Morgan fingerprint density at radius 2 is 2.07 bits per heavy atom. The van der Waals surface area contributed by atoms with Gasteiger partial charge in [-0.1, -0.05) is 0 Å². The van der Waals surface area contributed by atoms with Crippen molar-refractivity contribution in [1.82, 2.24) is 9.88 Å². The highest BCUT2D eigenvalue weighted by Gasteiger charge is 2.34. The molecule has 1 saturated carbocycles. The van der Waals surface area contributed by atoms with Crippen LogP contribution in [-0.4, -0.2) is 47.4 Å². The Balaban J connectivity index is 1.47. The molecule has 0 bridgehead atoms. The number of carbonyl (C=O) groups is 3. The molecule has 3 heterocycles. The van der Waals surface area contributed by atoms with Crippen LogP contribution in [0, 0.1) is 5.92 Å². The topological polar surface area (TPSA) is 102 Å². The van der Waals surface area contributed by atoms with Crippen LogP contribution in [0.15, 0.2) is 22.7 Å². The maximum atomic E-state index is 12.9. The third kappa shape index (κ3) is 3.34. The maximum Gasteiger partial charge on any atom is 0.376 e. The van der Waals surface area contributed by atoms with Gasteiger partial charge < -0.3 is 19.4 Å². The largest absolute Gasteiger partial charge is 0.463 e. The third-order valence-electron chi connectivity index (χ3n) is 5.68. The molecule has 2 aliphatic rings. The summed E-state index contributed by atoms with van der Waals surface area (Å²) in [6.45, 7) is 0.829. The van der Waals surface area contributed by atoms with Crippen molar-refractivity contribution in [3.8, 4) is 0 Å². The first kappa shape index (κ1) is 18.5. The lowest BCUT2D eigenvalue weighted by Crippen LogP contribution is -2.40. The SMILES string of the molecule is COC(=O)c1oc2cccnc2c1NC(=O)[C@H]1CC[C@H](N2CCCC2=O)CC1. The van der Waals surface area contributed by atoms with E-state index in [1.807, 2.05) is 4.90 Å². The molecule has 4 rings (SSSR count). The number of esters is 1. The number of nitrogens with zero attached hydrogens (tertiary/aromatic N) is 2. The Morgan fingerprint density at radius 1 is 1.29 bits per heavy atom. The second kappa shape index (κ2) is 7.61. The van der Waals surface area contributed by atoms with Crippen LogP contribution >= 0.6 is 0 Å². The number of ether oxygens (including phenoxy) is 1. The zero-order valence-corrected chi connectivity index (χ0v) is 15.8. The second-order valence-corrected chi connectivity index (χ2v) is 7.33. The van der Waals surface area contributed by atoms with Crippen LogP contribution in [0.3, 0.4) is 0 Å². The van der Waals surface area contributed by atoms with Gasteiger partial charge in [-0.05, 0) is 44.2 Å². The molecule has 0 unspecified atom stereocenters. The van der Waals surface area contributed by atoms with Crippen molar-refractivity contribution in [2.75, 3.05) is 19.0 Å². The highest BCUT2D eigenvalue weighted by atomic mass is 16.5. The fourth-order valence-electron chi connectivity index (χ4n) is 4.21. The Labute approximate surface area is 162 Å². The summed E-state index contributed by atoms with van der Waals surface area (Å²) < 4.78 is 10.3. The molecule has 0 radical (unpaired) electrons. The molecular weight excluding hydrogens is 362 g/mol. The molecule has 2 fully saturated rings. The van der Waals surface area contributed by atoms with Gasteiger partial charge in [0.15, 0.2) is 5.58 Å². The van der Waals surface area contributed by atoms with E-state index < -0.39 is 5.97 Å². The van der Waals surface area contributed by atoms with Crippen molar-refractivity contribution in [2.45, 2.75) is 44.6 Å². The molecule has 0 aromatic carbocycles. The van der Waals surface area contributed by atoms with Gasteiger partial charge in [0.2, 0.25) is 17.6 Å². The number of hydrogen-bond acceptors (Lipinski definition) is 6. The summed E-state index contributed by atoms with van der Waals surface area (Å²) >= 11 is 0. The molecule has 2 aromatic rings. The Morgan fingerprint density at radius 3 is 2.75 bits per heavy atom. The molecule has 8 heteroatoms. The van der Waals surface area contributed by atoms with E-state index in [1.54, 1.807) is 18.3 Å². The molecule has 1 aliphatic carbocycles. The lowest BCUT2D eigenvalue weighted by Gasteiger charge is -2.34. The van der Waals surface area contributed by atoms with Gasteiger partial charge in [-0.15, -0.1) is 0 Å². The minimum atomic E-state index is -0.662. The summed E-state index contributed by atoms with van der Waals surface area (Å²) in [6, 6.07) is 3.61. The molecule has 28 heavy (non-hydrogen) atoms. The zero-order chi connectivity index (χ0) is 19.7. The number of rotatable bonds is 4. The smallest absolute Gasteiger partial charge is 0.376 e. The summed E-state index contributed by atoms with van der Waals surface area (Å²) in [7, 11) is 1.26. The summed E-state index contributed by atoms with van der Waals surface area (Å²) in [5.41, 5.74) is 1.09. The van der Waals surface area contributed by atoms with E-state index in [0.717, 1.165) is 25.8 Å². The van der Waals surface area contributed by atoms with E-state index in [0.29, 0.717) is 30.4 Å². The molecule has 0 atom stereocenters. The highest BCUT2D eigenvalue weighted by Crippen LogP contribution is 2.33. The molecule has 2 aromatic heterocycles. The predicted octanol–water partition coefficient (Wildman–Crippen LogP) is 2.73. The van der Waals surface area contributed by atoms with Crippen LogP contribution in [0.25, 0.3) is 11.1 Å². The minimum absolute atomic E-state index is 0.0547. The summed E-state index contributed by atoms with van der Waals surface area (Å²) in [4.78, 5) is 43.0. The van der Waals surface area contributed by atoms with Crippen LogP contribution in [0.4, 0.5) is 5.69 Å². The van der Waals surface area contributed by atoms with Gasteiger partial charge in [-0.3, -0.25) is 14.6 Å². The molecule has 1 aliphatic heterocycles. The second-order valence-electron chi connectivity index (χ2n) is 7.33. The van der Waals surface area contributed by atoms with Crippen LogP contribution in [0.1, 0.15) is 49.1 Å². The minimum Gasteiger partial charge on any atom is -0.463 e. The van der Waals surface area contributed by atoms with Crippen LogP contribution < -0.4 is 5.32 Å². The van der Waals surface area contributed by atoms with Crippen LogP contribution in [0.5, 0.6) is 0 Å². The van der Waals surface area contributed by atoms with Gasteiger partial charge in [-0.25, -0.2) is 4.79 Å². The first-order chi connectivity index (χ1) is 13.6. The quantitative estimate of drug-likeness (QED) is 0.812. The lowest BCUT2D eigenvalue weighted by molar-refractivity contribution is -0.130. The molecule has 1 saturated heterocycles. The number of hydrogen-bond donors (Lipinski definition) is 1. The molecule has 148 valence electrons. The number of furan rings is 1. The van der Waals surface area contributed by atoms with Crippen molar-refractivity contribution in [3.05, 3.63) is 24.1 Å². The van der Waals surface area contributed by atoms with E-state index in [-0.39, 0.29) is 35.2 Å². The number of carbonyl (C=O) groups excluding carboxylic acids is 3. The zero-order valence-electron chi connectivity index (χ0n) is 15.8. The molecule has 2 amide bonds. The van der Waals surface area contributed by atoms with E-state index in [2.05, 4.69) is 10.3 Å². The van der Waals surface area contributed by atoms with Gasteiger partial charge in [-0.2, -0.15) is 0 Å². The fraction of sp³-hybridized carbons (Fsp3) is 0.500. The van der Waals surface area contributed by atoms with E-state index in [1.165, 1.54) is 7.11 Å². The molecule has 1 N–H and O–H groups in total. The fourth-order valence-corrected chi connectivity index (χ4v) is 4.21. The third-order valence-corrected chi connectivity index (χ3v) is 5.68. The molecule has 8 nitrogen and oxygen atoms in total. The number of anilines is 1. The summed E-state index contributed by atoms with van der Waals surface area (Å²) in [5, 5.41) is 2.84. The number of pyridine rings is 1. The lowest BCUT2D eigenvalue weighted by atomic mass is 9.84. The number of fused-ring (bicyclic) bond motifs is 1. The van der Waals surface area contributed by atoms with E-state index in [9.17, 15) is 14.4 Å². The van der Waals surface area contributed by atoms with Crippen molar-refractivity contribution < 1.29 is 23.5 Å². The van der Waals surface area contributed by atoms with Crippen molar-refractivity contribution in [3.63, 3.8) is 0 Å². The Bertz CT molecular complexity index is 914. The maximum absolute atomic E-state index is 12.9. The van der Waals surface area contributed by atoms with Crippen molar-refractivity contribution >= 4 is 34.6 Å². The number of methoxy groups -OCH3 is 1. The first-order valence-corrected chi connectivity index (χ1v) is 9.64. The van der Waals surface area contributed by atoms with Crippen LogP contribution in [0.2, 0.25) is 0 Å². The summed E-state index contributed by atoms with van der Waals surface area (Å²) in [6.07, 6.45) is 6.18. The van der Waals surface area contributed by atoms with Crippen LogP contribution in [-0.2, 0) is 14.3 Å². The average Bonchev–Trinajstić information content (AvgIpc) is 3.31. The monoisotopic (exact) mass is 385 g/mol. The average molecular weight is 385 g/mol. The number of likely N-dealkylation sites (tertiary alicyclic amines) is 1. The van der Waals surface area contributed by atoms with Gasteiger partial charge in [0, 0.05) is 31.1 Å². The van der Waals surface area contributed by atoms with Crippen molar-refractivity contribution in [2.24, 2.45) is 5.92 Å². The normalized spacial score (nSPS) is 22.5. The molecule has 0 spiro atoms. The molecular formula is C20H23N3O5. The number of aromatic nitrogens is 1. The standard InChI is InChI=1S/C20H23N3O5/c1-27-20(26)18-17(16-14(28-18)4-2-10-21-16)22-19(25)12-6-8-13(9-7-12)23-11-3-5-15(23)24/h2,4,10,12-13H,3,5-9,11H2,1H3,(H,22,25)/t12-,13-. The Kier molecular flexibility index (Phi) is 5.02. The number of amides is 2. The van der Waals surface area contributed by atoms with Gasteiger partial charge in [0.1, 0.15) is 11.2 Å². The Hall–Kier alpha value is -2.90. The highest BCUT2D eigenvalue weighted by molar-refractivity contribution is 6.08. The first-order valence-electron chi connectivity index (χ1n) is 9.64. The predicted molar refractivity (Wildman–Crippen MR) is 101 cm³/mol. The van der Waals surface area contributed by atoms with E-state index in [4.69, 9.17) is 9.15 Å². The van der Waals surface area contributed by atoms with Gasteiger partial charge in [0.05, 0.1) is 7.11 Å². The van der Waals surface area contributed by atoms with Crippen molar-refractivity contribution in [1.29, 1.82) is 0 Å². The van der Waals surface area contributed by atoms with Gasteiger partial charge in [0.25, 0.3) is 0 Å². The van der Waals surface area contributed by atoms with E-state index >= 15 is 0 Å². The number of nitrogens with one attached hydrogen (secondary N) is 1. The summed E-state index contributed by atoms with van der Waals surface area (Å²) in [5.74, 6) is -0.824.